The average molecular weight is 460 g/mol. The molecule has 0 heterocycles. The molecule has 178 valence electrons. The Labute approximate surface area is 202 Å². The number of anilines is 1. The number of hydrogen-bond donors (Lipinski definition) is 1. The highest BCUT2D eigenvalue weighted by molar-refractivity contribution is 6.10. The molecule has 0 bridgehead atoms. The van der Waals surface area contributed by atoms with Gasteiger partial charge in [-0.25, -0.2) is 4.79 Å². The van der Waals surface area contributed by atoms with Gasteiger partial charge in [0, 0.05) is 30.9 Å². The molecule has 0 aliphatic carbocycles. The summed E-state index contributed by atoms with van der Waals surface area (Å²) in [6.45, 7) is 5.43. The van der Waals surface area contributed by atoms with Crippen molar-refractivity contribution in [1.29, 1.82) is 0 Å². The van der Waals surface area contributed by atoms with Gasteiger partial charge in [-0.3, -0.25) is 4.79 Å². The maximum absolute atomic E-state index is 12.6. The maximum atomic E-state index is 12.6. The minimum atomic E-state index is -0.523. The van der Waals surface area contributed by atoms with E-state index in [0.29, 0.717) is 17.0 Å². The number of rotatable bonds is 11. The molecule has 3 aromatic carbocycles. The summed E-state index contributed by atoms with van der Waals surface area (Å²) in [4.78, 5) is 27.4. The van der Waals surface area contributed by atoms with E-state index in [9.17, 15) is 14.7 Å². The van der Waals surface area contributed by atoms with Crippen LogP contribution in [0.25, 0.3) is 0 Å². The Bertz CT molecular complexity index is 1090. The van der Waals surface area contributed by atoms with Crippen LogP contribution in [0.2, 0.25) is 0 Å². The van der Waals surface area contributed by atoms with E-state index in [1.54, 1.807) is 36.4 Å². The zero-order valence-electron chi connectivity index (χ0n) is 20.2. The third-order valence-electron chi connectivity index (χ3n) is 6.08. The smallest absolute Gasteiger partial charge is 0.343 e. The third-order valence-corrected chi connectivity index (χ3v) is 6.08. The van der Waals surface area contributed by atoms with Crippen LogP contribution in [0.4, 0.5) is 5.69 Å². The summed E-state index contributed by atoms with van der Waals surface area (Å²) in [6, 6.07) is 20.3. The largest absolute Gasteiger partial charge is 0.507 e. The second-order valence-electron chi connectivity index (χ2n) is 8.61. The van der Waals surface area contributed by atoms with Gasteiger partial charge in [-0.15, -0.1) is 0 Å². The molecular weight excluding hydrogens is 426 g/mol. The van der Waals surface area contributed by atoms with Crippen molar-refractivity contribution in [3.8, 4) is 11.5 Å². The number of phenols is 1. The van der Waals surface area contributed by atoms with E-state index < -0.39 is 5.97 Å². The van der Waals surface area contributed by atoms with Crippen LogP contribution >= 0.6 is 0 Å². The summed E-state index contributed by atoms with van der Waals surface area (Å²) in [7, 11) is 2.07. The highest BCUT2D eigenvalue weighted by Gasteiger charge is 2.16. The Hall–Kier alpha value is -3.60. The number of esters is 1. The van der Waals surface area contributed by atoms with Crippen LogP contribution in [0, 0.1) is 5.92 Å². The van der Waals surface area contributed by atoms with Crippen LogP contribution in [0.5, 0.6) is 11.5 Å². The number of unbranched alkanes of at least 4 members (excludes halogenated alkanes) is 1. The van der Waals surface area contributed by atoms with Gasteiger partial charge in [0.05, 0.1) is 11.1 Å². The van der Waals surface area contributed by atoms with Gasteiger partial charge in [0.15, 0.2) is 5.78 Å². The Balaban J connectivity index is 1.63. The molecule has 1 N–H and O–H groups in total. The number of benzene rings is 3. The van der Waals surface area contributed by atoms with Gasteiger partial charge in [0.2, 0.25) is 0 Å². The molecule has 3 aromatic rings. The van der Waals surface area contributed by atoms with Crippen molar-refractivity contribution in [3.05, 3.63) is 89.5 Å². The predicted molar refractivity (Wildman–Crippen MR) is 136 cm³/mol. The zero-order valence-corrected chi connectivity index (χ0v) is 20.2. The summed E-state index contributed by atoms with van der Waals surface area (Å²) in [5, 5.41) is 10.3. The first-order valence-corrected chi connectivity index (χ1v) is 11.9. The van der Waals surface area contributed by atoms with Gasteiger partial charge in [0.25, 0.3) is 0 Å². The minimum Gasteiger partial charge on any atom is -0.507 e. The quantitative estimate of drug-likeness (QED) is 0.201. The van der Waals surface area contributed by atoms with E-state index in [4.69, 9.17) is 4.74 Å². The highest BCUT2D eigenvalue weighted by atomic mass is 16.5. The Morgan fingerprint density at radius 3 is 2.26 bits per heavy atom. The van der Waals surface area contributed by atoms with Crippen molar-refractivity contribution < 1.29 is 19.4 Å². The molecule has 3 rings (SSSR count). The molecule has 0 aliphatic rings. The molecule has 0 fully saturated rings. The van der Waals surface area contributed by atoms with E-state index in [1.807, 2.05) is 18.2 Å². The lowest BCUT2D eigenvalue weighted by molar-refractivity contribution is 0.0734. The Kier molecular flexibility index (Phi) is 8.86. The fourth-order valence-electron chi connectivity index (χ4n) is 3.94. The fourth-order valence-corrected chi connectivity index (χ4v) is 3.94. The van der Waals surface area contributed by atoms with Crippen molar-refractivity contribution in [3.63, 3.8) is 0 Å². The first kappa shape index (κ1) is 25.0. The summed E-state index contributed by atoms with van der Waals surface area (Å²) in [5.74, 6) is -0.223. The monoisotopic (exact) mass is 459 g/mol. The van der Waals surface area contributed by atoms with Crippen LogP contribution in [0.15, 0.2) is 72.8 Å². The first-order chi connectivity index (χ1) is 16.4. The number of carbonyl (C=O) groups is 2. The normalized spacial score (nSPS) is 11.6. The summed E-state index contributed by atoms with van der Waals surface area (Å²) < 4.78 is 5.42. The van der Waals surface area contributed by atoms with Gasteiger partial charge in [0.1, 0.15) is 11.5 Å². The third kappa shape index (κ3) is 6.47. The lowest BCUT2D eigenvalue weighted by Crippen LogP contribution is -2.25. The molecule has 0 spiro atoms. The molecule has 0 amide bonds. The molecule has 0 aromatic heterocycles. The van der Waals surface area contributed by atoms with Gasteiger partial charge in [-0.2, -0.15) is 0 Å². The van der Waals surface area contributed by atoms with E-state index in [1.165, 1.54) is 37.5 Å². The Morgan fingerprint density at radius 2 is 1.65 bits per heavy atom. The molecule has 5 heteroatoms. The van der Waals surface area contributed by atoms with Crippen LogP contribution in [0.3, 0.4) is 0 Å². The molecule has 0 aliphatic heterocycles. The second kappa shape index (κ2) is 12.0. The zero-order chi connectivity index (χ0) is 24.5. The van der Waals surface area contributed by atoms with Crippen LogP contribution in [-0.4, -0.2) is 30.5 Å². The van der Waals surface area contributed by atoms with Crippen molar-refractivity contribution in [1.82, 2.24) is 0 Å². The van der Waals surface area contributed by atoms with Crippen LogP contribution in [0.1, 0.15) is 65.8 Å². The van der Waals surface area contributed by atoms with Crippen LogP contribution < -0.4 is 9.64 Å². The summed E-state index contributed by atoms with van der Waals surface area (Å²) >= 11 is 0. The number of ether oxygens (including phenoxy) is 1. The lowest BCUT2D eigenvalue weighted by Gasteiger charge is -2.25. The van der Waals surface area contributed by atoms with E-state index >= 15 is 0 Å². The number of phenolic OH excluding ortho intramolecular Hbond substituents is 1. The number of ketones is 1. The summed E-state index contributed by atoms with van der Waals surface area (Å²) in [6.07, 6.45) is 4.83. The number of carbonyl (C=O) groups excluding carboxylic acids is 2. The molecule has 0 radical (unpaired) electrons. The molecule has 0 saturated heterocycles. The Morgan fingerprint density at radius 1 is 0.941 bits per heavy atom. The molecule has 0 saturated carbocycles. The standard InChI is InChI=1S/C29H33NO4/c1-4-6-10-21(5-2)20-30(3)24-15-13-23(14-16-24)29(33)34-25-17-18-26(27(31)19-25)28(32)22-11-8-7-9-12-22/h7-9,11-19,21,31H,4-6,10,20H2,1-3H3. The molecule has 1 atom stereocenters. The number of hydrogen-bond acceptors (Lipinski definition) is 5. The molecular formula is C29H33NO4. The maximum Gasteiger partial charge on any atom is 0.343 e. The van der Waals surface area contributed by atoms with E-state index in [2.05, 4.69) is 25.8 Å². The highest BCUT2D eigenvalue weighted by Crippen LogP contribution is 2.27. The molecule has 5 nitrogen and oxygen atoms in total. The van der Waals surface area contributed by atoms with Gasteiger partial charge in [-0.1, -0.05) is 63.4 Å². The van der Waals surface area contributed by atoms with E-state index in [-0.39, 0.29) is 22.8 Å². The van der Waals surface area contributed by atoms with Crippen LogP contribution in [-0.2, 0) is 0 Å². The molecule has 1 unspecified atom stereocenters. The van der Waals surface area contributed by atoms with Crippen molar-refractivity contribution in [2.75, 3.05) is 18.5 Å². The SMILES string of the molecule is CCCCC(CC)CN(C)c1ccc(C(=O)Oc2ccc(C(=O)c3ccccc3)c(O)c2)cc1. The predicted octanol–water partition coefficient (Wildman–Crippen LogP) is 6.50. The van der Waals surface area contributed by atoms with Crippen molar-refractivity contribution in [2.24, 2.45) is 5.92 Å². The van der Waals surface area contributed by atoms with Gasteiger partial charge >= 0.3 is 5.97 Å². The van der Waals surface area contributed by atoms with Gasteiger partial charge in [-0.05, 0) is 48.7 Å². The topological polar surface area (TPSA) is 66.8 Å². The fraction of sp³-hybridized carbons (Fsp3) is 0.310. The van der Waals surface area contributed by atoms with Gasteiger partial charge < -0.3 is 14.7 Å². The first-order valence-electron chi connectivity index (χ1n) is 11.9. The molecule has 34 heavy (non-hydrogen) atoms. The van der Waals surface area contributed by atoms with E-state index in [0.717, 1.165) is 18.7 Å². The lowest BCUT2D eigenvalue weighted by atomic mass is 9.98. The van der Waals surface area contributed by atoms with Crippen molar-refractivity contribution in [2.45, 2.75) is 39.5 Å². The summed E-state index contributed by atoms with van der Waals surface area (Å²) in [5.41, 5.74) is 2.10. The number of nitrogens with zero attached hydrogens (tertiary/aromatic N) is 1. The average Bonchev–Trinajstić information content (AvgIpc) is 2.86. The number of aromatic hydroxyl groups is 1. The van der Waals surface area contributed by atoms with Crippen molar-refractivity contribution >= 4 is 17.4 Å². The minimum absolute atomic E-state index is 0.155. The second-order valence-corrected chi connectivity index (χ2v) is 8.61.